The SMILES string of the molecule is CC(=O)C1CC2(CCC2(C)C)CN1C. The minimum absolute atomic E-state index is 0.189. The monoisotopic (exact) mass is 195 g/mol. The van der Waals surface area contributed by atoms with Gasteiger partial charge in [-0.05, 0) is 44.1 Å². The Bertz CT molecular complexity index is 271. The molecule has 1 spiro atoms. The number of nitrogens with zero attached hydrogens (tertiary/aromatic N) is 1. The van der Waals surface area contributed by atoms with Gasteiger partial charge in [-0.15, -0.1) is 0 Å². The van der Waals surface area contributed by atoms with Crippen LogP contribution in [-0.4, -0.2) is 30.3 Å². The van der Waals surface area contributed by atoms with Crippen molar-refractivity contribution in [2.75, 3.05) is 13.6 Å². The standard InChI is InChI=1S/C12H21NO/c1-9(14)10-7-12(8-13(10)4)6-5-11(12,2)3/h10H,5-8H2,1-4H3. The van der Waals surface area contributed by atoms with Crippen molar-refractivity contribution in [3.8, 4) is 0 Å². The highest BCUT2D eigenvalue weighted by Crippen LogP contribution is 2.61. The second-order valence-corrected chi connectivity index (χ2v) is 5.91. The van der Waals surface area contributed by atoms with Crippen molar-refractivity contribution in [1.29, 1.82) is 0 Å². The van der Waals surface area contributed by atoms with E-state index in [1.807, 2.05) is 0 Å². The van der Waals surface area contributed by atoms with Crippen LogP contribution in [0.4, 0.5) is 0 Å². The Kier molecular flexibility index (Phi) is 2.04. The Morgan fingerprint density at radius 2 is 2.00 bits per heavy atom. The van der Waals surface area contributed by atoms with E-state index in [0.717, 1.165) is 13.0 Å². The van der Waals surface area contributed by atoms with E-state index in [1.165, 1.54) is 12.8 Å². The third kappa shape index (κ3) is 1.16. The quantitative estimate of drug-likeness (QED) is 0.638. The Balaban J connectivity index is 2.17. The van der Waals surface area contributed by atoms with Crippen molar-refractivity contribution >= 4 is 5.78 Å². The molecule has 2 aliphatic rings. The zero-order valence-corrected chi connectivity index (χ0v) is 9.76. The minimum atomic E-state index is 0.189. The van der Waals surface area contributed by atoms with Crippen LogP contribution in [0.25, 0.3) is 0 Å². The normalized spacial score (nSPS) is 41.3. The molecule has 14 heavy (non-hydrogen) atoms. The van der Waals surface area contributed by atoms with Gasteiger partial charge >= 0.3 is 0 Å². The molecule has 1 saturated heterocycles. The van der Waals surface area contributed by atoms with Gasteiger partial charge in [0.15, 0.2) is 0 Å². The van der Waals surface area contributed by atoms with Gasteiger partial charge in [0.1, 0.15) is 5.78 Å². The van der Waals surface area contributed by atoms with Gasteiger partial charge in [-0.2, -0.15) is 0 Å². The fraction of sp³-hybridized carbons (Fsp3) is 0.917. The van der Waals surface area contributed by atoms with Crippen molar-refractivity contribution in [3.05, 3.63) is 0 Å². The molecule has 0 radical (unpaired) electrons. The molecule has 80 valence electrons. The summed E-state index contributed by atoms with van der Waals surface area (Å²) in [6.07, 6.45) is 3.73. The van der Waals surface area contributed by atoms with Crippen LogP contribution in [0, 0.1) is 10.8 Å². The van der Waals surface area contributed by atoms with Gasteiger partial charge in [-0.1, -0.05) is 13.8 Å². The fourth-order valence-electron chi connectivity index (χ4n) is 3.28. The van der Waals surface area contributed by atoms with Crippen LogP contribution in [-0.2, 0) is 4.79 Å². The summed E-state index contributed by atoms with van der Waals surface area (Å²) in [4.78, 5) is 13.7. The first-order chi connectivity index (χ1) is 6.38. The molecule has 2 unspecified atom stereocenters. The van der Waals surface area contributed by atoms with Crippen molar-refractivity contribution in [1.82, 2.24) is 4.90 Å². The Labute approximate surface area is 86.7 Å². The lowest BCUT2D eigenvalue weighted by Crippen LogP contribution is -2.48. The second-order valence-electron chi connectivity index (χ2n) is 5.91. The molecular formula is C12H21NO. The third-order valence-corrected chi connectivity index (χ3v) is 4.80. The lowest BCUT2D eigenvalue weighted by molar-refractivity contribution is -0.121. The van der Waals surface area contributed by atoms with Crippen LogP contribution < -0.4 is 0 Å². The molecule has 0 aromatic heterocycles. The first kappa shape index (κ1) is 10.2. The summed E-state index contributed by atoms with van der Waals surface area (Å²) < 4.78 is 0. The molecule has 0 N–H and O–H groups in total. The minimum Gasteiger partial charge on any atom is -0.298 e. The van der Waals surface area contributed by atoms with E-state index in [9.17, 15) is 4.79 Å². The Morgan fingerprint density at radius 3 is 2.21 bits per heavy atom. The number of carbonyl (C=O) groups is 1. The predicted molar refractivity (Wildman–Crippen MR) is 57.2 cm³/mol. The number of hydrogen-bond donors (Lipinski definition) is 0. The van der Waals surface area contributed by atoms with E-state index in [4.69, 9.17) is 0 Å². The number of likely N-dealkylation sites (tertiary alicyclic amines) is 1. The van der Waals surface area contributed by atoms with Crippen LogP contribution in [0.2, 0.25) is 0 Å². The number of carbonyl (C=O) groups excluding carboxylic acids is 1. The van der Waals surface area contributed by atoms with E-state index >= 15 is 0 Å². The van der Waals surface area contributed by atoms with Gasteiger partial charge in [0.05, 0.1) is 6.04 Å². The molecule has 1 saturated carbocycles. The largest absolute Gasteiger partial charge is 0.298 e. The van der Waals surface area contributed by atoms with Crippen molar-refractivity contribution in [2.45, 2.75) is 46.1 Å². The van der Waals surface area contributed by atoms with Gasteiger partial charge in [0.2, 0.25) is 0 Å². The summed E-state index contributed by atoms with van der Waals surface area (Å²) in [5, 5.41) is 0. The zero-order valence-electron chi connectivity index (χ0n) is 9.76. The molecule has 0 amide bonds. The average Bonchev–Trinajstić information content (AvgIpc) is 2.44. The maximum Gasteiger partial charge on any atom is 0.146 e. The molecule has 2 heteroatoms. The van der Waals surface area contributed by atoms with E-state index < -0.39 is 0 Å². The number of hydrogen-bond acceptors (Lipinski definition) is 2. The lowest BCUT2D eigenvalue weighted by atomic mass is 9.50. The number of rotatable bonds is 1. The van der Waals surface area contributed by atoms with Crippen LogP contribution in [0.3, 0.4) is 0 Å². The van der Waals surface area contributed by atoms with Gasteiger partial charge in [0, 0.05) is 6.54 Å². The molecule has 1 heterocycles. The van der Waals surface area contributed by atoms with Gasteiger partial charge < -0.3 is 0 Å². The molecule has 1 aliphatic carbocycles. The Morgan fingerprint density at radius 1 is 1.36 bits per heavy atom. The van der Waals surface area contributed by atoms with Crippen LogP contribution in [0.15, 0.2) is 0 Å². The zero-order chi connectivity index (χ0) is 10.6. The van der Waals surface area contributed by atoms with Crippen LogP contribution in [0.1, 0.15) is 40.0 Å². The van der Waals surface area contributed by atoms with Crippen molar-refractivity contribution < 1.29 is 4.79 Å². The Hall–Kier alpha value is -0.370. The number of ketones is 1. The second kappa shape index (κ2) is 2.82. The number of Topliss-reactive ketones (excluding diaryl/α,β-unsaturated/α-hetero) is 1. The molecule has 0 aromatic rings. The fourth-order valence-corrected chi connectivity index (χ4v) is 3.28. The van der Waals surface area contributed by atoms with E-state index in [-0.39, 0.29) is 6.04 Å². The van der Waals surface area contributed by atoms with E-state index in [0.29, 0.717) is 16.6 Å². The van der Waals surface area contributed by atoms with E-state index in [1.54, 1.807) is 6.92 Å². The summed E-state index contributed by atoms with van der Waals surface area (Å²) in [7, 11) is 2.09. The first-order valence-corrected chi connectivity index (χ1v) is 5.59. The summed E-state index contributed by atoms with van der Waals surface area (Å²) >= 11 is 0. The molecule has 2 atom stereocenters. The molecule has 1 aliphatic heterocycles. The van der Waals surface area contributed by atoms with Gasteiger partial charge in [0.25, 0.3) is 0 Å². The molecule has 0 aromatic carbocycles. The van der Waals surface area contributed by atoms with Gasteiger partial charge in [-0.3, -0.25) is 9.69 Å². The highest BCUT2D eigenvalue weighted by molar-refractivity contribution is 5.81. The van der Waals surface area contributed by atoms with Crippen LogP contribution in [0.5, 0.6) is 0 Å². The number of likely N-dealkylation sites (N-methyl/N-ethyl adjacent to an activating group) is 1. The first-order valence-electron chi connectivity index (χ1n) is 5.59. The maximum atomic E-state index is 11.5. The molecule has 0 bridgehead atoms. The van der Waals surface area contributed by atoms with Crippen LogP contribution >= 0.6 is 0 Å². The highest BCUT2D eigenvalue weighted by atomic mass is 16.1. The smallest absolute Gasteiger partial charge is 0.146 e. The van der Waals surface area contributed by atoms with Gasteiger partial charge in [-0.25, -0.2) is 0 Å². The third-order valence-electron chi connectivity index (χ3n) is 4.80. The lowest BCUT2D eigenvalue weighted by Gasteiger charge is -2.54. The molecule has 2 fully saturated rings. The summed E-state index contributed by atoms with van der Waals surface area (Å²) in [6, 6.07) is 0.189. The van der Waals surface area contributed by atoms with E-state index in [2.05, 4.69) is 25.8 Å². The molecule has 2 rings (SSSR count). The van der Waals surface area contributed by atoms with Crippen molar-refractivity contribution in [3.63, 3.8) is 0 Å². The summed E-state index contributed by atoms with van der Waals surface area (Å²) in [6.45, 7) is 7.55. The summed E-state index contributed by atoms with van der Waals surface area (Å²) in [5.74, 6) is 0.340. The average molecular weight is 195 g/mol. The van der Waals surface area contributed by atoms with Crippen molar-refractivity contribution in [2.24, 2.45) is 10.8 Å². The predicted octanol–water partition coefficient (Wildman–Crippen LogP) is 2.09. The topological polar surface area (TPSA) is 20.3 Å². The summed E-state index contributed by atoms with van der Waals surface area (Å²) in [5.41, 5.74) is 0.892. The molecular weight excluding hydrogens is 174 g/mol. The molecule has 2 nitrogen and oxygen atoms in total. The highest BCUT2D eigenvalue weighted by Gasteiger charge is 2.58. The maximum absolute atomic E-state index is 11.5.